The van der Waals surface area contributed by atoms with Gasteiger partial charge in [-0.15, -0.1) is 0 Å². The molecule has 0 saturated carbocycles. The van der Waals surface area contributed by atoms with Crippen molar-refractivity contribution in [1.29, 1.82) is 0 Å². The van der Waals surface area contributed by atoms with Gasteiger partial charge in [0.05, 0.1) is 0 Å². The molecule has 0 aliphatic carbocycles. The van der Waals surface area contributed by atoms with Crippen molar-refractivity contribution in [3.8, 4) is 0 Å². The summed E-state index contributed by atoms with van der Waals surface area (Å²) < 4.78 is 19.6. The molecule has 1 N–H and O–H groups in total. The lowest BCUT2D eigenvalue weighted by molar-refractivity contribution is -0.174. The first kappa shape index (κ1) is 15.4. The van der Waals surface area contributed by atoms with Gasteiger partial charge in [0.15, 0.2) is 18.5 Å². The van der Waals surface area contributed by atoms with E-state index >= 15 is 0 Å². The number of carbonyl (C=O) groups is 3. The van der Waals surface area contributed by atoms with E-state index in [1.54, 1.807) is 0 Å². The van der Waals surface area contributed by atoms with Crippen LogP contribution in [0.25, 0.3) is 0 Å². The second kappa shape index (κ2) is 6.48. The predicted octanol–water partition coefficient (Wildman–Crippen LogP) is -0.870. The van der Waals surface area contributed by atoms with Crippen molar-refractivity contribution < 1.29 is 38.4 Å². The summed E-state index contributed by atoms with van der Waals surface area (Å²) in [4.78, 5) is 32.7. The molecule has 0 bridgehead atoms. The van der Waals surface area contributed by atoms with Gasteiger partial charge in [-0.05, 0) is 0 Å². The second-order valence-electron chi connectivity index (χ2n) is 4.02. The molecule has 1 heterocycles. The highest BCUT2D eigenvalue weighted by atomic mass is 16.7. The van der Waals surface area contributed by atoms with E-state index in [2.05, 4.69) is 0 Å². The van der Waals surface area contributed by atoms with Crippen molar-refractivity contribution in [2.24, 2.45) is 0 Å². The minimum absolute atomic E-state index is 0.220. The number of ether oxygens (including phenoxy) is 4. The minimum Gasteiger partial charge on any atom is -0.463 e. The minimum atomic E-state index is -1.45. The van der Waals surface area contributed by atoms with Gasteiger partial charge >= 0.3 is 17.9 Å². The number of esters is 3. The van der Waals surface area contributed by atoms with Crippen LogP contribution in [0, 0.1) is 0 Å². The van der Waals surface area contributed by atoms with Gasteiger partial charge in [-0.2, -0.15) is 0 Å². The maximum absolute atomic E-state index is 11.0. The summed E-state index contributed by atoms with van der Waals surface area (Å²) in [6.45, 7) is 3.30. The van der Waals surface area contributed by atoms with Crippen molar-refractivity contribution in [2.45, 2.75) is 45.4 Å². The van der Waals surface area contributed by atoms with Gasteiger partial charge in [0.25, 0.3) is 0 Å². The summed E-state index contributed by atoms with van der Waals surface area (Å²) in [5.74, 6) is -1.83. The summed E-state index contributed by atoms with van der Waals surface area (Å²) >= 11 is 0. The molecule has 1 aliphatic rings. The maximum atomic E-state index is 11.0. The fraction of sp³-hybridized carbons (Fsp3) is 0.727. The molecule has 1 fully saturated rings. The predicted molar refractivity (Wildman–Crippen MR) is 58.6 cm³/mol. The first-order valence-corrected chi connectivity index (χ1v) is 5.62. The highest BCUT2D eigenvalue weighted by molar-refractivity contribution is 5.67. The molecule has 0 aromatic rings. The Bertz CT molecular complexity index is 366. The van der Waals surface area contributed by atoms with Gasteiger partial charge in [-0.3, -0.25) is 14.4 Å². The summed E-state index contributed by atoms with van der Waals surface area (Å²) in [6.07, 6.45) is -4.53. The molecule has 0 aromatic carbocycles. The van der Waals surface area contributed by atoms with E-state index in [-0.39, 0.29) is 6.61 Å². The van der Waals surface area contributed by atoms with Crippen LogP contribution in [0.15, 0.2) is 0 Å². The Morgan fingerprint density at radius 2 is 1.53 bits per heavy atom. The van der Waals surface area contributed by atoms with E-state index in [9.17, 15) is 19.5 Å². The van der Waals surface area contributed by atoms with Crippen LogP contribution in [0.4, 0.5) is 0 Å². The third kappa shape index (κ3) is 4.49. The molecule has 8 nitrogen and oxygen atoms in total. The first-order valence-electron chi connectivity index (χ1n) is 5.62. The number of carbonyl (C=O) groups excluding carboxylic acids is 3. The molecule has 4 atom stereocenters. The highest BCUT2D eigenvalue weighted by Gasteiger charge is 2.48. The van der Waals surface area contributed by atoms with E-state index in [1.165, 1.54) is 13.8 Å². The molecule has 8 heteroatoms. The molecule has 2 unspecified atom stereocenters. The average Bonchev–Trinajstić information content (AvgIpc) is 2.53. The average molecular weight is 276 g/mol. The van der Waals surface area contributed by atoms with Crippen molar-refractivity contribution >= 4 is 17.9 Å². The lowest BCUT2D eigenvalue weighted by atomic mass is 10.1. The maximum Gasteiger partial charge on any atom is 0.303 e. The zero-order valence-corrected chi connectivity index (χ0v) is 10.8. The van der Waals surface area contributed by atoms with E-state index in [1.807, 2.05) is 0 Å². The van der Waals surface area contributed by atoms with Crippen LogP contribution in [0.2, 0.25) is 0 Å². The van der Waals surface area contributed by atoms with Crippen LogP contribution >= 0.6 is 0 Å². The smallest absolute Gasteiger partial charge is 0.303 e. The summed E-state index contributed by atoms with van der Waals surface area (Å²) in [5.41, 5.74) is 0. The van der Waals surface area contributed by atoms with Crippen molar-refractivity contribution in [3.63, 3.8) is 0 Å². The Balaban J connectivity index is 2.76. The Kier molecular flexibility index (Phi) is 5.25. The summed E-state index contributed by atoms with van der Waals surface area (Å²) in [7, 11) is 0. The van der Waals surface area contributed by atoms with Crippen molar-refractivity contribution in [2.75, 3.05) is 6.61 Å². The van der Waals surface area contributed by atoms with E-state index in [0.29, 0.717) is 0 Å². The van der Waals surface area contributed by atoms with E-state index < -0.39 is 42.5 Å². The van der Waals surface area contributed by atoms with Gasteiger partial charge < -0.3 is 24.1 Å². The molecule has 1 rings (SSSR count). The molecule has 1 aliphatic heterocycles. The van der Waals surface area contributed by atoms with E-state index in [4.69, 9.17) is 18.9 Å². The third-order valence-electron chi connectivity index (χ3n) is 2.34. The summed E-state index contributed by atoms with van der Waals surface area (Å²) in [5, 5.41) is 9.63. The Labute approximate surface area is 109 Å². The monoisotopic (exact) mass is 276 g/mol. The van der Waals surface area contributed by atoms with Crippen LogP contribution in [0.3, 0.4) is 0 Å². The quantitative estimate of drug-likeness (QED) is 0.521. The summed E-state index contributed by atoms with van der Waals surface area (Å²) in [6, 6.07) is 0. The normalized spacial score (nSPS) is 29.7. The SMILES string of the molecule is CC(=O)OC[C@H]1O[C@@H](O)C(OC(C)=O)C1OC(C)=O. The number of aliphatic hydroxyl groups is 1. The van der Waals surface area contributed by atoms with Crippen LogP contribution in [-0.2, 0) is 33.3 Å². The van der Waals surface area contributed by atoms with Gasteiger partial charge in [0, 0.05) is 20.8 Å². The Hall–Kier alpha value is -1.67. The molecular formula is C11H16O8. The lowest BCUT2D eigenvalue weighted by Crippen LogP contribution is -2.41. The molecule has 0 spiro atoms. The van der Waals surface area contributed by atoms with Gasteiger partial charge in [-0.25, -0.2) is 0 Å². The number of aliphatic hydroxyl groups excluding tert-OH is 1. The number of hydrogen-bond acceptors (Lipinski definition) is 8. The van der Waals surface area contributed by atoms with Crippen molar-refractivity contribution in [3.05, 3.63) is 0 Å². The number of hydrogen-bond donors (Lipinski definition) is 1. The topological polar surface area (TPSA) is 108 Å². The molecule has 0 radical (unpaired) electrons. The van der Waals surface area contributed by atoms with Gasteiger partial charge in [0.2, 0.25) is 0 Å². The molecule has 1 saturated heterocycles. The lowest BCUT2D eigenvalue weighted by Gasteiger charge is -2.21. The largest absolute Gasteiger partial charge is 0.463 e. The third-order valence-corrected chi connectivity index (χ3v) is 2.34. The zero-order valence-electron chi connectivity index (χ0n) is 10.8. The molecule has 108 valence electrons. The fourth-order valence-corrected chi connectivity index (χ4v) is 1.69. The molecule has 0 amide bonds. The first-order chi connectivity index (χ1) is 8.81. The van der Waals surface area contributed by atoms with Crippen LogP contribution in [0.1, 0.15) is 20.8 Å². The van der Waals surface area contributed by atoms with Crippen LogP contribution in [0.5, 0.6) is 0 Å². The van der Waals surface area contributed by atoms with Gasteiger partial charge in [0.1, 0.15) is 12.7 Å². The van der Waals surface area contributed by atoms with Crippen LogP contribution < -0.4 is 0 Å². The Morgan fingerprint density at radius 3 is 2.00 bits per heavy atom. The Morgan fingerprint density at radius 1 is 1.00 bits per heavy atom. The fourth-order valence-electron chi connectivity index (χ4n) is 1.69. The molecule has 19 heavy (non-hydrogen) atoms. The molecular weight excluding hydrogens is 260 g/mol. The standard InChI is InChI=1S/C11H16O8/c1-5(12)16-4-8-9(17-6(2)13)10(11(15)19-8)18-7(3)14/h8-11,15H,4H2,1-3H3/t8-,9?,10?,11-/m1/s1. The molecule has 0 aromatic heterocycles. The zero-order chi connectivity index (χ0) is 14.6. The van der Waals surface area contributed by atoms with E-state index in [0.717, 1.165) is 6.92 Å². The number of rotatable bonds is 4. The highest BCUT2D eigenvalue weighted by Crippen LogP contribution is 2.26. The second-order valence-corrected chi connectivity index (χ2v) is 4.02. The van der Waals surface area contributed by atoms with Crippen LogP contribution in [-0.4, -0.2) is 54.2 Å². The van der Waals surface area contributed by atoms with Crippen molar-refractivity contribution in [1.82, 2.24) is 0 Å². The van der Waals surface area contributed by atoms with Gasteiger partial charge in [-0.1, -0.05) is 0 Å².